The van der Waals surface area contributed by atoms with E-state index in [1.807, 2.05) is 12.2 Å². The quantitative estimate of drug-likeness (QED) is 0.530. The van der Waals surface area contributed by atoms with Crippen LogP contribution < -0.4 is 10.2 Å². The van der Waals surface area contributed by atoms with E-state index in [-0.39, 0.29) is 17.9 Å². The lowest BCUT2D eigenvalue weighted by atomic mass is 9.77. The molecule has 4 atom stereocenters. The Morgan fingerprint density at radius 2 is 2.21 bits per heavy atom. The zero-order valence-corrected chi connectivity index (χ0v) is 16.7. The summed E-state index contributed by atoms with van der Waals surface area (Å²) in [4.78, 5) is 29.9. The molecule has 0 aromatic carbocycles. The number of ether oxygens (including phenoxy) is 1. The molecule has 2 amide bonds. The predicted octanol–water partition coefficient (Wildman–Crippen LogP) is 1.12. The molecule has 3 aliphatic rings. The topological polar surface area (TPSA) is 87.9 Å². The van der Waals surface area contributed by atoms with Gasteiger partial charge in [-0.15, -0.1) is 0 Å². The van der Waals surface area contributed by atoms with Gasteiger partial charge in [0.2, 0.25) is 11.8 Å². The fourth-order valence-corrected chi connectivity index (χ4v) is 4.64. The van der Waals surface area contributed by atoms with Crippen LogP contribution in [0, 0.1) is 18.8 Å². The lowest BCUT2D eigenvalue weighted by Gasteiger charge is -2.23. The van der Waals surface area contributed by atoms with Crippen LogP contribution in [-0.4, -0.2) is 66.3 Å². The highest BCUT2D eigenvalue weighted by Gasteiger charge is 2.67. The maximum absolute atomic E-state index is 13.1. The first kappa shape index (κ1) is 19.1. The van der Waals surface area contributed by atoms with E-state index in [2.05, 4.69) is 29.2 Å². The lowest BCUT2D eigenvalue weighted by Crippen LogP contribution is -2.44. The lowest BCUT2D eigenvalue weighted by molar-refractivity contribution is -0.131. The monoisotopic (exact) mass is 388 g/mol. The summed E-state index contributed by atoms with van der Waals surface area (Å²) in [7, 11) is 0. The maximum Gasteiger partial charge on any atom is 0.235 e. The number of carbonyl (C=O) groups excluding carboxylic acids is 2. The Bertz CT molecular complexity index is 787. The smallest absolute Gasteiger partial charge is 0.235 e. The maximum atomic E-state index is 13.1. The van der Waals surface area contributed by atoms with Gasteiger partial charge >= 0.3 is 0 Å². The van der Waals surface area contributed by atoms with E-state index in [0.29, 0.717) is 24.7 Å². The van der Waals surface area contributed by atoms with E-state index in [9.17, 15) is 9.59 Å². The molecule has 2 fully saturated rings. The molecule has 3 aliphatic heterocycles. The Morgan fingerprint density at radius 1 is 1.43 bits per heavy atom. The van der Waals surface area contributed by atoms with Crippen LogP contribution in [-0.2, 0) is 14.3 Å². The third-order valence-electron chi connectivity index (χ3n) is 6.14. The molecular formula is C20H28N4O4. The number of anilines is 1. The molecule has 2 bridgehead atoms. The van der Waals surface area contributed by atoms with Crippen LogP contribution in [0.3, 0.4) is 0 Å². The highest BCUT2D eigenvalue weighted by molar-refractivity contribution is 6.02. The summed E-state index contributed by atoms with van der Waals surface area (Å²) in [6, 6.07) is 1.73. The fraction of sp³-hybridized carbons (Fsp3) is 0.650. The van der Waals surface area contributed by atoms with Crippen molar-refractivity contribution in [3.05, 3.63) is 24.0 Å². The molecule has 4 heterocycles. The van der Waals surface area contributed by atoms with Crippen LogP contribution in [0.25, 0.3) is 0 Å². The number of rotatable bonds is 8. The predicted molar refractivity (Wildman–Crippen MR) is 103 cm³/mol. The van der Waals surface area contributed by atoms with Crippen molar-refractivity contribution in [3.63, 3.8) is 0 Å². The Balaban J connectivity index is 1.42. The molecule has 1 N–H and O–H groups in total. The molecule has 1 aromatic rings. The molecule has 1 aromatic heterocycles. The first-order valence-corrected chi connectivity index (χ1v) is 10.1. The molecule has 152 valence electrons. The molecule has 0 radical (unpaired) electrons. The number of nitrogens with one attached hydrogen (secondary N) is 1. The number of aromatic nitrogens is 1. The summed E-state index contributed by atoms with van der Waals surface area (Å²) in [5.41, 5.74) is -0.738. The summed E-state index contributed by atoms with van der Waals surface area (Å²) in [6.45, 7) is 9.97. The van der Waals surface area contributed by atoms with Crippen LogP contribution in [0.4, 0.5) is 5.82 Å². The fourth-order valence-electron chi connectivity index (χ4n) is 4.64. The van der Waals surface area contributed by atoms with Gasteiger partial charge in [0.1, 0.15) is 11.4 Å². The number of hydrogen-bond acceptors (Lipinski definition) is 6. The van der Waals surface area contributed by atoms with E-state index in [4.69, 9.17) is 9.26 Å². The van der Waals surface area contributed by atoms with Gasteiger partial charge in [0.05, 0.1) is 24.5 Å². The van der Waals surface area contributed by atoms with Crippen LogP contribution in [0.2, 0.25) is 0 Å². The second kappa shape index (κ2) is 7.33. The van der Waals surface area contributed by atoms with E-state index in [1.165, 1.54) is 0 Å². The van der Waals surface area contributed by atoms with Gasteiger partial charge < -0.3 is 19.5 Å². The second-order valence-corrected chi connectivity index (χ2v) is 7.79. The van der Waals surface area contributed by atoms with Crippen LogP contribution in [0.1, 0.15) is 26.0 Å². The minimum Gasteiger partial charge on any atom is -0.360 e. The Hall–Kier alpha value is -2.19. The van der Waals surface area contributed by atoms with Crippen molar-refractivity contribution >= 4 is 17.6 Å². The normalized spacial score (nSPS) is 30.5. The molecule has 2 saturated heterocycles. The highest BCUT2D eigenvalue weighted by Crippen LogP contribution is 2.52. The van der Waals surface area contributed by atoms with Gasteiger partial charge in [0.15, 0.2) is 5.82 Å². The second-order valence-electron chi connectivity index (χ2n) is 7.79. The molecule has 0 saturated carbocycles. The Kier molecular flexibility index (Phi) is 5.01. The van der Waals surface area contributed by atoms with Gasteiger partial charge in [0.25, 0.3) is 0 Å². The average molecular weight is 388 g/mol. The van der Waals surface area contributed by atoms with Gasteiger partial charge in [-0.2, -0.15) is 0 Å². The summed E-state index contributed by atoms with van der Waals surface area (Å²) in [5, 5.41) is 6.98. The Morgan fingerprint density at radius 3 is 2.89 bits per heavy atom. The number of nitrogens with zero attached hydrogens (tertiary/aromatic N) is 3. The number of fused-ring (bicyclic) bond motifs is 1. The minimum absolute atomic E-state index is 0.104. The molecule has 0 aliphatic carbocycles. The van der Waals surface area contributed by atoms with E-state index in [1.54, 1.807) is 17.9 Å². The van der Waals surface area contributed by atoms with E-state index >= 15 is 0 Å². The third-order valence-corrected chi connectivity index (χ3v) is 6.14. The van der Waals surface area contributed by atoms with Crippen molar-refractivity contribution in [2.24, 2.45) is 11.8 Å². The molecule has 28 heavy (non-hydrogen) atoms. The van der Waals surface area contributed by atoms with Crippen molar-refractivity contribution in [2.45, 2.75) is 38.9 Å². The van der Waals surface area contributed by atoms with Crippen LogP contribution in [0.15, 0.2) is 22.7 Å². The zero-order valence-electron chi connectivity index (χ0n) is 16.7. The molecule has 1 spiro atoms. The van der Waals surface area contributed by atoms with Crippen molar-refractivity contribution in [2.75, 3.05) is 37.6 Å². The largest absolute Gasteiger partial charge is 0.360 e. The summed E-state index contributed by atoms with van der Waals surface area (Å²) in [5.74, 6) is -0.118. The Labute approximate surface area is 164 Å². The van der Waals surface area contributed by atoms with Gasteiger partial charge in [-0.25, -0.2) is 0 Å². The number of amides is 2. The summed E-state index contributed by atoms with van der Waals surface area (Å²) in [6.07, 6.45) is 4.41. The van der Waals surface area contributed by atoms with E-state index < -0.39 is 17.4 Å². The first-order valence-electron chi connectivity index (χ1n) is 10.1. The molecule has 8 heteroatoms. The van der Waals surface area contributed by atoms with E-state index in [0.717, 1.165) is 26.1 Å². The highest BCUT2D eigenvalue weighted by atomic mass is 16.5. The number of hydrogen-bond donors (Lipinski definition) is 1. The van der Waals surface area contributed by atoms with Crippen molar-refractivity contribution < 1.29 is 18.8 Å². The molecule has 0 unspecified atom stereocenters. The van der Waals surface area contributed by atoms with Crippen molar-refractivity contribution in [1.29, 1.82) is 0 Å². The number of carbonyl (C=O) groups is 2. The molecule has 8 nitrogen and oxygen atoms in total. The SMILES string of the molecule is CCN(CC)CCCNC(=O)[C@H]1[C@H]2C(=O)N(c3cc(C)on3)C[C@]23C=C[C@H]1O3. The van der Waals surface area contributed by atoms with Crippen molar-refractivity contribution in [1.82, 2.24) is 15.4 Å². The summed E-state index contributed by atoms with van der Waals surface area (Å²) < 4.78 is 11.2. The number of aryl methyl sites for hydroxylation is 1. The minimum atomic E-state index is -0.738. The average Bonchev–Trinajstić information content (AvgIpc) is 3.43. The van der Waals surface area contributed by atoms with Crippen LogP contribution >= 0.6 is 0 Å². The molecule has 4 rings (SSSR count). The first-order chi connectivity index (χ1) is 13.5. The van der Waals surface area contributed by atoms with Gasteiger partial charge in [-0.05, 0) is 33.0 Å². The van der Waals surface area contributed by atoms with Gasteiger partial charge in [-0.1, -0.05) is 31.2 Å². The van der Waals surface area contributed by atoms with Crippen LogP contribution in [0.5, 0.6) is 0 Å². The van der Waals surface area contributed by atoms with Crippen molar-refractivity contribution in [3.8, 4) is 0 Å². The third kappa shape index (κ3) is 3.04. The standard InChI is InChI=1S/C20H28N4O4/c1-4-23(5-2)10-6-9-21-18(25)16-14-7-8-20(27-14)12-24(19(26)17(16)20)15-11-13(3)28-22-15/h7-8,11,14,16-17H,4-6,9-10,12H2,1-3H3,(H,21,25)/t14-,16-,17+,20-/m1/s1. The molecular weight excluding hydrogens is 360 g/mol. The van der Waals surface area contributed by atoms with Gasteiger partial charge in [-0.3, -0.25) is 14.5 Å². The van der Waals surface area contributed by atoms with Gasteiger partial charge in [0, 0.05) is 12.6 Å². The zero-order chi connectivity index (χ0) is 19.9. The summed E-state index contributed by atoms with van der Waals surface area (Å²) >= 11 is 0.